The number of fused-ring (bicyclic) bond motifs is 1. The third-order valence-corrected chi connectivity index (χ3v) is 10.5. The first-order chi connectivity index (χ1) is 18.4. The molecule has 1 atom stereocenters. The van der Waals surface area contributed by atoms with Gasteiger partial charge in [0.1, 0.15) is 0 Å². The van der Waals surface area contributed by atoms with Crippen molar-refractivity contribution >= 4 is 26.8 Å². The quantitative estimate of drug-likeness (QED) is 0.398. The number of aromatic amines is 1. The zero-order valence-electron chi connectivity index (χ0n) is 22.4. The molecule has 3 heterocycles. The molecule has 2 aromatic carbocycles. The molecule has 2 aliphatic heterocycles. The van der Waals surface area contributed by atoms with Gasteiger partial charge in [-0.3, -0.25) is 4.79 Å². The summed E-state index contributed by atoms with van der Waals surface area (Å²) in [4.78, 5) is 18.1. The molecule has 0 aliphatic carbocycles. The highest BCUT2D eigenvalue weighted by Gasteiger charge is 2.30. The number of carbonyl (C=O) groups excluding carboxylic acids is 1. The molecule has 0 bridgehead atoms. The van der Waals surface area contributed by atoms with E-state index in [4.69, 9.17) is 5.73 Å². The van der Waals surface area contributed by atoms with Gasteiger partial charge in [-0.2, -0.15) is 0 Å². The van der Waals surface area contributed by atoms with E-state index >= 15 is 0 Å². The number of nitrogens with one attached hydrogen (secondary N) is 1. The number of hydrogen-bond acceptors (Lipinski definition) is 4. The molecule has 204 valence electrons. The van der Waals surface area contributed by atoms with Crippen LogP contribution in [0.5, 0.6) is 0 Å². The Kier molecular flexibility index (Phi) is 8.21. The number of piperidine rings is 2. The Morgan fingerprint density at radius 2 is 1.79 bits per heavy atom. The van der Waals surface area contributed by atoms with E-state index in [9.17, 15) is 13.2 Å². The van der Waals surface area contributed by atoms with Crippen molar-refractivity contribution in [3.05, 3.63) is 59.8 Å². The first-order valence-corrected chi connectivity index (χ1v) is 15.7. The van der Waals surface area contributed by atoms with Gasteiger partial charge in [-0.05, 0) is 86.4 Å². The standard InChI is InChI=1S/C30H40N4O3S/c1-2-25-11-6-7-14-33(25)15-8-18-38(36,37)34-16-12-23(13-17-34)28-21-32-29-26(28)19-24(20-27(29)30(31)35)22-9-4-3-5-10-22/h3-5,9-10,19-21,23,25,32H,2,6-8,11-18H2,1H3,(H2,31,35). The highest BCUT2D eigenvalue weighted by atomic mass is 32.2. The number of benzene rings is 2. The van der Waals surface area contributed by atoms with E-state index in [0.717, 1.165) is 59.9 Å². The van der Waals surface area contributed by atoms with Gasteiger partial charge in [0.05, 0.1) is 16.8 Å². The van der Waals surface area contributed by atoms with E-state index in [2.05, 4.69) is 22.9 Å². The lowest BCUT2D eigenvalue weighted by Crippen LogP contribution is -2.42. The molecule has 38 heavy (non-hydrogen) atoms. The molecule has 1 aromatic heterocycles. The van der Waals surface area contributed by atoms with Gasteiger partial charge < -0.3 is 15.6 Å². The number of aromatic nitrogens is 1. The van der Waals surface area contributed by atoms with Crippen molar-refractivity contribution < 1.29 is 13.2 Å². The Bertz CT molecular complexity index is 1360. The smallest absolute Gasteiger partial charge is 0.250 e. The topological polar surface area (TPSA) is 99.5 Å². The van der Waals surface area contributed by atoms with E-state index in [1.165, 1.54) is 19.3 Å². The monoisotopic (exact) mass is 536 g/mol. The predicted octanol–water partition coefficient (Wildman–Crippen LogP) is 5.10. The summed E-state index contributed by atoms with van der Waals surface area (Å²) in [6.45, 7) is 5.26. The zero-order valence-corrected chi connectivity index (χ0v) is 23.2. The molecule has 7 nitrogen and oxygen atoms in total. The van der Waals surface area contributed by atoms with Crippen molar-refractivity contribution in [2.24, 2.45) is 5.73 Å². The number of carbonyl (C=O) groups is 1. The maximum absolute atomic E-state index is 13.2. The van der Waals surface area contributed by atoms with Gasteiger partial charge in [0.15, 0.2) is 0 Å². The van der Waals surface area contributed by atoms with Crippen LogP contribution >= 0.6 is 0 Å². The number of hydrogen-bond donors (Lipinski definition) is 2. The lowest BCUT2D eigenvalue weighted by atomic mass is 9.88. The largest absolute Gasteiger partial charge is 0.366 e. The number of primary amides is 1. The molecule has 3 N–H and O–H groups in total. The highest BCUT2D eigenvalue weighted by Crippen LogP contribution is 2.37. The fraction of sp³-hybridized carbons (Fsp3) is 0.500. The summed E-state index contributed by atoms with van der Waals surface area (Å²) in [7, 11) is -3.27. The maximum atomic E-state index is 13.2. The molecule has 2 fully saturated rings. The Morgan fingerprint density at radius 3 is 2.50 bits per heavy atom. The number of H-pyrrole nitrogens is 1. The summed E-state index contributed by atoms with van der Waals surface area (Å²) in [5.41, 5.74) is 10.1. The van der Waals surface area contributed by atoms with Crippen LogP contribution in [0.3, 0.4) is 0 Å². The minimum atomic E-state index is -3.27. The third kappa shape index (κ3) is 5.67. The van der Waals surface area contributed by atoms with E-state index < -0.39 is 15.9 Å². The van der Waals surface area contributed by atoms with Gasteiger partial charge in [-0.1, -0.05) is 43.7 Å². The molecule has 1 unspecified atom stereocenters. The SMILES string of the molecule is CCC1CCCCN1CCCS(=O)(=O)N1CCC(c2c[nH]c3c(C(N)=O)cc(-c4ccccc4)cc23)CC1. The van der Waals surface area contributed by atoms with Crippen molar-refractivity contribution in [2.75, 3.05) is 31.9 Å². The molecule has 0 spiro atoms. The van der Waals surface area contributed by atoms with Gasteiger partial charge in [0.25, 0.3) is 5.91 Å². The van der Waals surface area contributed by atoms with E-state index in [1.54, 1.807) is 4.31 Å². The Balaban J connectivity index is 1.27. The molecule has 2 aliphatic rings. The number of sulfonamides is 1. The summed E-state index contributed by atoms with van der Waals surface area (Å²) in [6.07, 6.45) is 9.08. The average molecular weight is 537 g/mol. The van der Waals surface area contributed by atoms with Gasteiger partial charge in [0.2, 0.25) is 10.0 Å². The molecule has 8 heteroatoms. The van der Waals surface area contributed by atoms with Crippen molar-refractivity contribution in [1.82, 2.24) is 14.2 Å². The van der Waals surface area contributed by atoms with Crippen molar-refractivity contribution in [3.8, 4) is 11.1 Å². The number of likely N-dealkylation sites (tertiary alicyclic amines) is 1. The highest BCUT2D eigenvalue weighted by molar-refractivity contribution is 7.89. The maximum Gasteiger partial charge on any atom is 0.250 e. The second kappa shape index (κ2) is 11.6. The van der Waals surface area contributed by atoms with Crippen LogP contribution in [0.15, 0.2) is 48.7 Å². The second-order valence-corrected chi connectivity index (χ2v) is 12.9. The summed E-state index contributed by atoms with van der Waals surface area (Å²) < 4.78 is 28.0. The van der Waals surface area contributed by atoms with Gasteiger partial charge in [0, 0.05) is 30.7 Å². The van der Waals surface area contributed by atoms with Crippen LogP contribution in [-0.2, 0) is 10.0 Å². The van der Waals surface area contributed by atoms with Crippen LogP contribution in [0.2, 0.25) is 0 Å². The second-order valence-electron chi connectivity index (χ2n) is 10.9. The van der Waals surface area contributed by atoms with Crippen LogP contribution in [-0.4, -0.2) is 66.5 Å². The fourth-order valence-electron chi connectivity index (χ4n) is 6.42. The number of nitrogens with two attached hydrogens (primary N) is 1. The number of amides is 1. The first-order valence-electron chi connectivity index (χ1n) is 14.1. The van der Waals surface area contributed by atoms with Crippen LogP contribution in [0.4, 0.5) is 0 Å². The minimum absolute atomic E-state index is 0.222. The lowest BCUT2D eigenvalue weighted by Gasteiger charge is -2.35. The molecule has 0 radical (unpaired) electrons. The Morgan fingerprint density at radius 1 is 1.03 bits per heavy atom. The van der Waals surface area contributed by atoms with Crippen molar-refractivity contribution in [2.45, 2.75) is 63.8 Å². The third-order valence-electron chi connectivity index (χ3n) is 8.55. The normalized spacial score (nSPS) is 20.2. The zero-order chi connectivity index (χ0) is 26.7. The first kappa shape index (κ1) is 26.9. The molecule has 0 saturated carbocycles. The fourth-order valence-corrected chi connectivity index (χ4v) is 7.94. The van der Waals surface area contributed by atoms with E-state index in [0.29, 0.717) is 31.1 Å². The molecule has 2 saturated heterocycles. The van der Waals surface area contributed by atoms with Crippen molar-refractivity contribution in [1.29, 1.82) is 0 Å². The predicted molar refractivity (Wildman–Crippen MR) is 154 cm³/mol. The number of nitrogens with zero attached hydrogens (tertiary/aromatic N) is 2. The molecular formula is C30H40N4O3S. The van der Waals surface area contributed by atoms with Crippen molar-refractivity contribution in [3.63, 3.8) is 0 Å². The van der Waals surface area contributed by atoms with Gasteiger partial charge in [-0.25, -0.2) is 12.7 Å². The van der Waals surface area contributed by atoms with Crippen LogP contribution < -0.4 is 5.73 Å². The van der Waals surface area contributed by atoms with Crippen LogP contribution in [0.25, 0.3) is 22.0 Å². The lowest BCUT2D eigenvalue weighted by molar-refractivity contribution is 0.100. The summed E-state index contributed by atoms with van der Waals surface area (Å²) >= 11 is 0. The number of rotatable bonds is 9. The minimum Gasteiger partial charge on any atom is -0.366 e. The van der Waals surface area contributed by atoms with Gasteiger partial charge >= 0.3 is 0 Å². The summed E-state index contributed by atoms with van der Waals surface area (Å²) in [6, 6.07) is 14.5. The Labute approximate surface area is 226 Å². The molecule has 3 aromatic rings. The van der Waals surface area contributed by atoms with Gasteiger partial charge in [-0.15, -0.1) is 0 Å². The Hall–Kier alpha value is -2.68. The van der Waals surface area contributed by atoms with Crippen LogP contribution in [0.1, 0.15) is 73.7 Å². The average Bonchev–Trinajstić information content (AvgIpc) is 3.37. The van der Waals surface area contributed by atoms with Crippen LogP contribution in [0, 0.1) is 0 Å². The molecule has 5 rings (SSSR count). The summed E-state index contributed by atoms with van der Waals surface area (Å²) in [5, 5.41) is 0.994. The summed E-state index contributed by atoms with van der Waals surface area (Å²) in [5.74, 6) is -0.0161. The molecular weight excluding hydrogens is 496 g/mol. The van der Waals surface area contributed by atoms with E-state index in [-0.39, 0.29) is 11.7 Å². The van der Waals surface area contributed by atoms with E-state index in [1.807, 2.05) is 42.6 Å². The molecule has 1 amide bonds.